The van der Waals surface area contributed by atoms with Crippen LogP contribution in [0.5, 0.6) is 0 Å². The van der Waals surface area contributed by atoms with Crippen LogP contribution in [0.25, 0.3) is 0 Å². The van der Waals surface area contributed by atoms with Crippen molar-refractivity contribution in [2.75, 3.05) is 0 Å². The van der Waals surface area contributed by atoms with E-state index in [0.29, 0.717) is 0 Å². The van der Waals surface area contributed by atoms with Gasteiger partial charge in [-0.2, -0.15) is 0 Å². The predicted molar refractivity (Wildman–Crippen MR) is 65.2 cm³/mol. The fourth-order valence-corrected chi connectivity index (χ4v) is 1.80. The lowest BCUT2D eigenvalue weighted by molar-refractivity contribution is -0.158. The van der Waals surface area contributed by atoms with Gasteiger partial charge >= 0.3 is 5.97 Å². The molecule has 0 saturated carbocycles. The van der Waals surface area contributed by atoms with Crippen molar-refractivity contribution < 1.29 is 30.0 Å². The molecular weight excluding hydrogens is 254 g/mol. The molecule has 19 heavy (non-hydrogen) atoms. The highest BCUT2D eigenvalue weighted by molar-refractivity contribution is 5.97. The molecule has 0 unspecified atom stereocenters. The highest BCUT2D eigenvalue weighted by Crippen LogP contribution is 2.28. The number of carboxylic acid groups (broad SMARTS) is 1. The molecule has 0 fully saturated rings. The molecule has 0 bridgehead atoms. The van der Waals surface area contributed by atoms with Crippen molar-refractivity contribution in [3.8, 4) is 0 Å². The Hall–Kier alpha value is -1.44. The van der Waals surface area contributed by atoms with E-state index in [4.69, 9.17) is 5.11 Å². The molecule has 0 aliphatic heterocycles. The third-order valence-corrected chi connectivity index (χ3v) is 2.72. The first-order valence-electron chi connectivity index (χ1n) is 5.83. The summed E-state index contributed by atoms with van der Waals surface area (Å²) < 4.78 is 0. The van der Waals surface area contributed by atoms with E-state index >= 15 is 0 Å². The molecule has 0 heterocycles. The molecule has 1 rings (SSSR count). The number of amides is 1. The van der Waals surface area contributed by atoms with Gasteiger partial charge < -0.3 is 25.7 Å². The molecule has 108 valence electrons. The summed E-state index contributed by atoms with van der Waals surface area (Å²) in [6.07, 6.45) is -2.84. The Labute approximate surface area is 110 Å². The zero-order valence-electron chi connectivity index (χ0n) is 11.0. The maximum Gasteiger partial charge on any atom is 0.339 e. The number of aliphatic hydroxyl groups excluding tert-OH is 2. The van der Waals surface area contributed by atoms with Crippen LogP contribution >= 0.6 is 0 Å². The van der Waals surface area contributed by atoms with Gasteiger partial charge in [0.15, 0.2) is 5.60 Å². The Bertz CT molecular complexity index is 424. The van der Waals surface area contributed by atoms with Crippen molar-refractivity contribution in [3.63, 3.8) is 0 Å². The van der Waals surface area contributed by atoms with Crippen molar-refractivity contribution >= 4 is 11.9 Å². The van der Waals surface area contributed by atoms with Gasteiger partial charge in [-0.25, -0.2) is 4.79 Å². The quantitative estimate of drug-likeness (QED) is 0.428. The van der Waals surface area contributed by atoms with Crippen molar-refractivity contribution in [2.24, 2.45) is 0 Å². The highest BCUT2D eigenvalue weighted by atomic mass is 16.4. The van der Waals surface area contributed by atoms with Gasteiger partial charge in [-0.1, -0.05) is 0 Å². The van der Waals surface area contributed by atoms with E-state index in [-0.39, 0.29) is 5.57 Å². The van der Waals surface area contributed by atoms with E-state index in [1.54, 1.807) is 20.8 Å². The fourth-order valence-electron chi connectivity index (χ4n) is 1.80. The van der Waals surface area contributed by atoms with Gasteiger partial charge in [0.05, 0.1) is 6.10 Å². The van der Waals surface area contributed by atoms with Crippen molar-refractivity contribution in [1.29, 1.82) is 0 Å². The zero-order chi connectivity index (χ0) is 15.0. The van der Waals surface area contributed by atoms with Crippen LogP contribution in [0.3, 0.4) is 0 Å². The number of nitrogens with one attached hydrogen (secondary N) is 1. The third-order valence-electron chi connectivity index (χ3n) is 2.72. The first kappa shape index (κ1) is 15.6. The largest absolute Gasteiger partial charge is 0.479 e. The summed E-state index contributed by atoms with van der Waals surface area (Å²) in [5.41, 5.74) is -3.30. The summed E-state index contributed by atoms with van der Waals surface area (Å²) in [6, 6.07) is 0. The van der Waals surface area contributed by atoms with Crippen molar-refractivity contribution in [1.82, 2.24) is 5.32 Å². The average Bonchev–Trinajstić information content (AvgIpc) is 2.20. The summed E-state index contributed by atoms with van der Waals surface area (Å²) >= 11 is 0. The molecule has 1 aliphatic carbocycles. The average molecular weight is 273 g/mol. The standard InChI is InChI=1S/C12H19NO6/c1-11(2,3)13-9(16)6-4-12(19,10(17)18)5-7(14)8(6)15/h4,7-8,14-15,19H,5H2,1-3H3,(H,13,16)(H,17,18)/t7-,8-,12+/m1/s1. The first-order valence-corrected chi connectivity index (χ1v) is 5.83. The minimum absolute atomic E-state index is 0.349. The maximum atomic E-state index is 11.9. The van der Waals surface area contributed by atoms with Gasteiger partial charge in [0.1, 0.15) is 6.10 Å². The van der Waals surface area contributed by atoms with Gasteiger partial charge in [0.2, 0.25) is 5.91 Å². The molecule has 0 spiro atoms. The Morgan fingerprint density at radius 1 is 1.37 bits per heavy atom. The molecule has 0 aromatic rings. The second-order valence-electron chi connectivity index (χ2n) is 5.75. The normalized spacial score (nSPS) is 31.6. The smallest absolute Gasteiger partial charge is 0.339 e. The molecule has 5 N–H and O–H groups in total. The molecule has 1 aliphatic rings. The molecular formula is C12H19NO6. The van der Waals surface area contributed by atoms with Gasteiger partial charge in [-0.3, -0.25) is 4.79 Å². The van der Waals surface area contributed by atoms with E-state index in [1.165, 1.54) is 0 Å². The van der Waals surface area contributed by atoms with Crippen LogP contribution in [-0.4, -0.2) is 55.7 Å². The maximum absolute atomic E-state index is 11.9. The summed E-state index contributed by atoms with van der Waals surface area (Å²) in [4.78, 5) is 22.9. The van der Waals surface area contributed by atoms with Crippen molar-refractivity contribution in [2.45, 2.75) is 50.5 Å². The van der Waals surface area contributed by atoms with Crippen LogP contribution in [-0.2, 0) is 9.59 Å². The molecule has 0 aromatic heterocycles. The number of aliphatic carboxylic acids is 1. The monoisotopic (exact) mass is 273 g/mol. The lowest BCUT2D eigenvalue weighted by atomic mass is 9.82. The molecule has 0 saturated heterocycles. The van der Waals surface area contributed by atoms with Gasteiger partial charge in [0.25, 0.3) is 0 Å². The molecule has 7 nitrogen and oxygen atoms in total. The minimum atomic E-state index is -2.36. The lowest BCUT2D eigenvalue weighted by Gasteiger charge is -2.33. The van der Waals surface area contributed by atoms with Gasteiger partial charge in [-0.15, -0.1) is 0 Å². The van der Waals surface area contributed by atoms with E-state index < -0.39 is 41.6 Å². The van der Waals surface area contributed by atoms with E-state index in [0.717, 1.165) is 6.08 Å². The number of carbonyl (C=O) groups excluding carboxylic acids is 1. The summed E-state index contributed by atoms with van der Waals surface area (Å²) in [5, 5.41) is 40.6. The topological polar surface area (TPSA) is 127 Å². The van der Waals surface area contributed by atoms with E-state index in [1.807, 2.05) is 0 Å². The van der Waals surface area contributed by atoms with Gasteiger partial charge in [0, 0.05) is 17.5 Å². The SMILES string of the molecule is CC(C)(C)NC(=O)C1=C[C@@](O)(C(=O)O)C[C@@H](O)[C@@H]1O. The summed E-state index contributed by atoms with van der Waals surface area (Å²) in [6.45, 7) is 5.13. The third kappa shape index (κ3) is 3.52. The number of hydrogen-bond acceptors (Lipinski definition) is 5. The van der Waals surface area contributed by atoms with Crippen LogP contribution in [0, 0.1) is 0 Å². The molecule has 0 radical (unpaired) electrons. The first-order chi connectivity index (χ1) is 8.46. The summed E-state index contributed by atoms with van der Waals surface area (Å²) in [7, 11) is 0. The second-order valence-corrected chi connectivity index (χ2v) is 5.75. The number of aliphatic hydroxyl groups is 3. The summed E-state index contributed by atoms with van der Waals surface area (Å²) in [5.74, 6) is -2.31. The second kappa shape index (κ2) is 4.92. The highest BCUT2D eigenvalue weighted by Gasteiger charge is 2.45. The molecule has 1 amide bonds. The Balaban J connectivity index is 3.11. The van der Waals surface area contributed by atoms with Crippen LogP contribution in [0.4, 0.5) is 0 Å². The number of hydrogen-bond donors (Lipinski definition) is 5. The fraction of sp³-hybridized carbons (Fsp3) is 0.667. The minimum Gasteiger partial charge on any atom is -0.479 e. The number of rotatable bonds is 2. The Morgan fingerprint density at radius 3 is 2.32 bits per heavy atom. The molecule has 7 heteroatoms. The molecule has 3 atom stereocenters. The number of carboxylic acids is 1. The molecule has 0 aromatic carbocycles. The van der Waals surface area contributed by atoms with Crippen LogP contribution in [0.15, 0.2) is 11.6 Å². The van der Waals surface area contributed by atoms with E-state index in [2.05, 4.69) is 5.32 Å². The van der Waals surface area contributed by atoms with Crippen LogP contribution < -0.4 is 5.32 Å². The van der Waals surface area contributed by atoms with E-state index in [9.17, 15) is 24.9 Å². The Morgan fingerprint density at radius 2 is 1.89 bits per heavy atom. The van der Waals surface area contributed by atoms with Crippen LogP contribution in [0.2, 0.25) is 0 Å². The van der Waals surface area contributed by atoms with Gasteiger partial charge in [-0.05, 0) is 26.8 Å². The Kier molecular flexibility index (Phi) is 4.04. The van der Waals surface area contributed by atoms with Crippen LogP contribution in [0.1, 0.15) is 27.2 Å². The lowest BCUT2D eigenvalue weighted by Crippen LogP contribution is -2.52. The number of carbonyl (C=O) groups is 2. The van der Waals surface area contributed by atoms with Crippen molar-refractivity contribution in [3.05, 3.63) is 11.6 Å². The predicted octanol–water partition coefficient (Wildman–Crippen LogP) is -1.23. The zero-order valence-corrected chi connectivity index (χ0v) is 11.0.